The number of fused-ring (bicyclic) bond motifs is 1. The van der Waals surface area contributed by atoms with Gasteiger partial charge in [-0.05, 0) is 64.5 Å². The van der Waals surface area contributed by atoms with Crippen LogP contribution in [0.5, 0.6) is 0 Å². The lowest BCUT2D eigenvalue weighted by Gasteiger charge is -2.18. The first-order valence-corrected chi connectivity index (χ1v) is 10.3. The SMILES string of the molecule is CCC(=C(c1ccc(C=CC(=O)O)cc1)c1ccc2[nH]ncc2c1C)c1ccccc1. The molecule has 0 radical (unpaired) electrons. The minimum absolute atomic E-state index is 0.852. The molecule has 0 aliphatic rings. The van der Waals surface area contributed by atoms with Gasteiger partial charge >= 0.3 is 5.97 Å². The van der Waals surface area contributed by atoms with Crippen molar-refractivity contribution in [1.82, 2.24) is 10.2 Å². The lowest BCUT2D eigenvalue weighted by molar-refractivity contribution is -0.131. The van der Waals surface area contributed by atoms with E-state index in [0.29, 0.717) is 0 Å². The average molecular weight is 409 g/mol. The fourth-order valence-corrected chi connectivity index (χ4v) is 4.01. The lowest BCUT2D eigenvalue weighted by Crippen LogP contribution is -1.98. The Hall–Kier alpha value is -3.92. The van der Waals surface area contributed by atoms with Crippen LogP contribution < -0.4 is 0 Å². The van der Waals surface area contributed by atoms with Crippen LogP contribution in [0.1, 0.15) is 41.2 Å². The number of nitrogens with zero attached hydrogens (tertiary/aromatic N) is 1. The number of H-pyrrole nitrogens is 1. The number of aliphatic carboxylic acids is 1. The Balaban J connectivity index is 1.94. The van der Waals surface area contributed by atoms with Crippen LogP contribution in [0.25, 0.3) is 28.1 Å². The van der Waals surface area contributed by atoms with E-state index in [0.717, 1.165) is 34.5 Å². The predicted molar refractivity (Wildman–Crippen MR) is 127 cm³/mol. The van der Waals surface area contributed by atoms with Crippen molar-refractivity contribution in [3.05, 3.63) is 107 Å². The molecule has 0 unspecified atom stereocenters. The van der Waals surface area contributed by atoms with Crippen LogP contribution in [0.2, 0.25) is 0 Å². The van der Waals surface area contributed by atoms with Crippen LogP contribution in [0.4, 0.5) is 0 Å². The highest BCUT2D eigenvalue weighted by Gasteiger charge is 2.16. The standard InChI is InChI=1S/C27H24N2O2/c1-3-22(20-7-5-4-6-8-20)27(21-12-9-19(10-13-21)11-16-26(30)31)23-14-15-25-24(18(23)2)17-28-29-25/h4-17H,3H2,1-2H3,(H,28,29)(H,30,31). The van der Waals surface area contributed by atoms with Crippen molar-refractivity contribution >= 4 is 34.1 Å². The zero-order valence-corrected chi connectivity index (χ0v) is 17.6. The molecule has 2 N–H and O–H groups in total. The number of aromatic nitrogens is 2. The van der Waals surface area contributed by atoms with E-state index in [-0.39, 0.29) is 0 Å². The van der Waals surface area contributed by atoms with Crippen LogP contribution in [-0.2, 0) is 4.79 Å². The van der Waals surface area contributed by atoms with E-state index >= 15 is 0 Å². The molecule has 4 rings (SSSR count). The fourth-order valence-electron chi connectivity index (χ4n) is 4.01. The molecular formula is C27H24N2O2. The predicted octanol–water partition coefficient (Wildman–Crippen LogP) is 6.34. The largest absolute Gasteiger partial charge is 0.478 e. The molecule has 31 heavy (non-hydrogen) atoms. The molecule has 0 saturated carbocycles. The number of hydrogen-bond donors (Lipinski definition) is 2. The molecular weight excluding hydrogens is 384 g/mol. The Morgan fingerprint density at radius 1 is 1.00 bits per heavy atom. The van der Waals surface area contributed by atoms with Gasteiger partial charge in [0.15, 0.2) is 0 Å². The fraction of sp³-hybridized carbons (Fsp3) is 0.111. The Morgan fingerprint density at radius 2 is 1.74 bits per heavy atom. The molecule has 0 aliphatic heterocycles. The summed E-state index contributed by atoms with van der Waals surface area (Å²) in [6.07, 6.45) is 5.52. The van der Waals surface area contributed by atoms with Gasteiger partial charge in [-0.15, -0.1) is 0 Å². The minimum Gasteiger partial charge on any atom is -0.478 e. The number of rotatable bonds is 6. The van der Waals surface area contributed by atoms with Gasteiger partial charge in [0, 0.05) is 11.5 Å². The quantitative estimate of drug-likeness (QED) is 0.289. The molecule has 4 aromatic rings. The molecule has 0 atom stereocenters. The number of carboxylic acid groups (broad SMARTS) is 1. The number of allylic oxidation sites excluding steroid dienone is 1. The van der Waals surface area contributed by atoms with Gasteiger partial charge in [-0.2, -0.15) is 5.10 Å². The second kappa shape index (κ2) is 8.84. The van der Waals surface area contributed by atoms with Crippen molar-refractivity contribution < 1.29 is 9.90 Å². The molecule has 0 aliphatic carbocycles. The molecule has 0 spiro atoms. The summed E-state index contributed by atoms with van der Waals surface area (Å²) in [6.45, 7) is 4.31. The molecule has 3 aromatic carbocycles. The summed E-state index contributed by atoms with van der Waals surface area (Å²) in [5.41, 5.74) is 8.96. The van der Waals surface area contributed by atoms with E-state index in [1.54, 1.807) is 6.08 Å². The smallest absolute Gasteiger partial charge is 0.328 e. The third kappa shape index (κ3) is 4.19. The van der Waals surface area contributed by atoms with Crippen LogP contribution in [0.15, 0.2) is 79.0 Å². The highest BCUT2D eigenvalue weighted by atomic mass is 16.4. The summed E-state index contributed by atoms with van der Waals surface area (Å²) in [4.78, 5) is 10.8. The maximum Gasteiger partial charge on any atom is 0.328 e. The number of aryl methyl sites for hydroxylation is 1. The van der Waals surface area contributed by atoms with E-state index in [9.17, 15) is 4.79 Å². The summed E-state index contributed by atoms with van der Waals surface area (Å²) >= 11 is 0. The maximum absolute atomic E-state index is 10.8. The summed E-state index contributed by atoms with van der Waals surface area (Å²) in [5.74, 6) is -0.953. The zero-order valence-electron chi connectivity index (χ0n) is 17.6. The molecule has 4 nitrogen and oxygen atoms in total. The Bertz CT molecular complexity index is 1280. The second-order valence-electron chi connectivity index (χ2n) is 7.44. The first-order valence-electron chi connectivity index (χ1n) is 10.3. The van der Waals surface area contributed by atoms with E-state index in [2.05, 4.69) is 72.6 Å². The second-order valence-corrected chi connectivity index (χ2v) is 7.44. The number of benzene rings is 3. The summed E-state index contributed by atoms with van der Waals surface area (Å²) < 4.78 is 0. The molecule has 1 heterocycles. The van der Waals surface area contributed by atoms with Gasteiger partial charge in [0.05, 0.1) is 11.7 Å². The Kier molecular flexibility index (Phi) is 5.80. The molecule has 4 heteroatoms. The van der Waals surface area contributed by atoms with Crippen molar-refractivity contribution in [3.63, 3.8) is 0 Å². The van der Waals surface area contributed by atoms with Crippen molar-refractivity contribution in [2.24, 2.45) is 0 Å². The van der Waals surface area contributed by atoms with Crippen LogP contribution in [0, 0.1) is 6.92 Å². The van der Waals surface area contributed by atoms with E-state index in [1.807, 2.05) is 24.4 Å². The van der Waals surface area contributed by atoms with Gasteiger partial charge in [-0.25, -0.2) is 4.79 Å². The van der Waals surface area contributed by atoms with Gasteiger partial charge in [0.25, 0.3) is 0 Å². The van der Waals surface area contributed by atoms with Gasteiger partial charge in [-0.3, -0.25) is 5.10 Å². The van der Waals surface area contributed by atoms with E-state index in [4.69, 9.17) is 5.11 Å². The normalized spacial score (nSPS) is 12.3. The average Bonchev–Trinajstić information content (AvgIpc) is 3.28. The van der Waals surface area contributed by atoms with Gasteiger partial charge in [0.1, 0.15) is 0 Å². The monoisotopic (exact) mass is 408 g/mol. The minimum atomic E-state index is -0.953. The number of nitrogens with one attached hydrogen (secondary N) is 1. The van der Waals surface area contributed by atoms with E-state index in [1.165, 1.54) is 27.8 Å². The first-order chi connectivity index (χ1) is 15.1. The lowest BCUT2D eigenvalue weighted by atomic mass is 9.85. The number of hydrogen-bond acceptors (Lipinski definition) is 2. The maximum atomic E-state index is 10.8. The first kappa shape index (κ1) is 20.4. The molecule has 0 amide bonds. The molecule has 0 fully saturated rings. The Morgan fingerprint density at radius 3 is 2.42 bits per heavy atom. The molecule has 154 valence electrons. The van der Waals surface area contributed by atoms with Crippen LogP contribution >= 0.6 is 0 Å². The molecule has 0 bridgehead atoms. The highest BCUT2D eigenvalue weighted by molar-refractivity contribution is 6.02. The summed E-state index contributed by atoms with van der Waals surface area (Å²) in [5, 5.41) is 17.3. The van der Waals surface area contributed by atoms with Crippen molar-refractivity contribution in [2.75, 3.05) is 0 Å². The summed E-state index contributed by atoms with van der Waals surface area (Å²) in [6, 6.07) is 22.7. The third-order valence-electron chi connectivity index (χ3n) is 5.56. The summed E-state index contributed by atoms with van der Waals surface area (Å²) in [7, 11) is 0. The van der Waals surface area contributed by atoms with Gasteiger partial charge < -0.3 is 5.11 Å². The van der Waals surface area contributed by atoms with Crippen LogP contribution in [0.3, 0.4) is 0 Å². The zero-order chi connectivity index (χ0) is 21.8. The van der Waals surface area contributed by atoms with E-state index < -0.39 is 5.97 Å². The van der Waals surface area contributed by atoms with Crippen LogP contribution in [-0.4, -0.2) is 21.3 Å². The number of carbonyl (C=O) groups is 1. The van der Waals surface area contributed by atoms with Crippen molar-refractivity contribution in [3.8, 4) is 0 Å². The van der Waals surface area contributed by atoms with Crippen molar-refractivity contribution in [1.29, 1.82) is 0 Å². The molecule has 0 saturated heterocycles. The third-order valence-corrected chi connectivity index (χ3v) is 5.56. The van der Waals surface area contributed by atoms with Gasteiger partial charge in [-0.1, -0.05) is 67.6 Å². The molecule has 1 aromatic heterocycles. The number of carboxylic acids is 1. The number of aromatic amines is 1. The van der Waals surface area contributed by atoms with Gasteiger partial charge in [0.2, 0.25) is 0 Å². The highest BCUT2D eigenvalue weighted by Crippen LogP contribution is 2.37. The van der Waals surface area contributed by atoms with Crippen molar-refractivity contribution in [2.45, 2.75) is 20.3 Å². The Labute approximate surface area is 181 Å². The topological polar surface area (TPSA) is 66.0 Å².